The first-order valence-corrected chi connectivity index (χ1v) is 10.0. The van der Waals surface area contributed by atoms with Crippen LogP contribution in [-0.4, -0.2) is 44.6 Å². The number of aryl methyl sites for hydroxylation is 1. The average molecular weight is 484 g/mol. The van der Waals surface area contributed by atoms with Crippen LogP contribution in [0.2, 0.25) is 0 Å². The summed E-state index contributed by atoms with van der Waals surface area (Å²) in [5.74, 6) is -4.70. The van der Waals surface area contributed by atoms with E-state index < -0.39 is 58.3 Å². The van der Waals surface area contributed by atoms with E-state index in [-0.39, 0.29) is 17.9 Å². The van der Waals surface area contributed by atoms with Crippen molar-refractivity contribution >= 4 is 23.8 Å². The number of rotatable bonds is 3. The number of carboxylic acid groups (broad SMARTS) is 1. The van der Waals surface area contributed by atoms with E-state index in [1.54, 1.807) is 20.8 Å². The fourth-order valence-corrected chi connectivity index (χ4v) is 3.78. The monoisotopic (exact) mass is 484 g/mol. The summed E-state index contributed by atoms with van der Waals surface area (Å²) in [6, 6.07) is 2.05. The third-order valence-corrected chi connectivity index (χ3v) is 5.09. The molecule has 1 aromatic heterocycles. The number of aromatic nitrogens is 2. The van der Waals surface area contributed by atoms with Gasteiger partial charge in [-0.15, -0.1) is 0 Å². The van der Waals surface area contributed by atoms with Gasteiger partial charge >= 0.3 is 12.3 Å². The Labute approximate surface area is 191 Å². The molecule has 3 rings (SSSR count). The highest BCUT2D eigenvalue weighted by Gasteiger charge is 2.44. The van der Waals surface area contributed by atoms with Crippen molar-refractivity contribution in [2.24, 2.45) is 5.41 Å². The van der Waals surface area contributed by atoms with Crippen LogP contribution in [0.25, 0.3) is 6.08 Å². The fourth-order valence-electron chi connectivity index (χ4n) is 3.78. The zero-order chi connectivity index (χ0) is 25.6. The Morgan fingerprint density at radius 3 is 2.21 bits per heavy atom. The van der Waals surface area contributed by atoms with E-state index in [9.17, 15) is 36.6 Å². The number of benzene rings is 1. The third kappa shape index (κ3) is 5.15. The highest BCUT2D eigenvalue weighted by Crippen LogP contribution is 2.39. The Balaban J connectivity index is 1.87. The maximum atomic E-state index is 14.7. The van der Waals surface area contributed by atoms with Gasteiger partial charge in [0.25, 0.3) is 5.91 Å². The second-order valence-corrected chi connectivity index (χ2v) is 8.92. The van der Waals surface area contributed by atoms with Crippen molar-refractivity contribution in [3.8, 4) is 0 Å². The van der Waals surface area contributed by atoms with Crippen LogP contribution in [0.1, 0.15) is 48.3 Å². The molecule has 182 valence electrons. The van der Waals surface area contributed by atoms with Gasteiger partial charge in [0.15, 0.2) is 0 Å². The van der Waals surface area contributed by atoms with Crippen LogP contribution in [-0.2, 0) is 6.18 Å². The maximum Gasteiger partial charge on any atom is 0.451 e. The van der Waals surface area contributed by atoms with Crippen molar-refractivity contribution in [3.05, 3.63) is 58.2 Å². The van der Waals surface area contributed by atoms with Crippen LogP contribution in [0.15, 0.2) is 23.8 Å². The summed E-state index contributed by atoms with van der Waals surface area (Å²) in [7, 11) is 0. The van der Waals surface area contributed by atoms with Crippen LogP contribution in [0.3, 0.4) is 0 Å². The summed E-state index contributed by atoms with van der Waals surface area (Å²) >= 11 is 0. The van der Waals surface area contributed by atoms with E-state index in [1.165, 1.54) is 13.0 Å². The van der Waals surface area contributed by atoms with Gasteiger partial charge in [-0.2, -0.15) is 13.2 Å². The lowest BCUT2D eigenvalue weighted by atomic mass is 9.75. The predicted octanol–water partition coefficient (Wildman–Crippen LogP) is 5.13. The van der Waals surface area contributed by atoms with E-state index in [4.69, 9.17) is 0 Å². The molecule has 2 heterocycles. The van der Waals surface area contributed by atoms with Crippen molar-refractivity contribution in [1.82, 2.24) is 14.9 Å². The molecule has 1 aliphatic heterocycles. The predicted molar refractivity (Wildman–Crippen MR) is 112 cm³/mol. The number of hydrogen-bond acceptors (Lipinski definition) is 4. The van der Waals surface area contributed by atoms with Gasteiger partial charge in [0, 0.05) is 23.5 Å². The summed E-state index contributed by atoms with van der Waals surface area (Å²) in [6.07, 6.45) is -4.80. The smallest absolute Gasteiger partial charge is 0.451 e. The summed E-state index contributed by atoms with van der Waals surface area (Å²) in [5, 5.41) is 11.4. The molecule has 1 atom stereocenters. The second kappa shape index (κ2) is 8.65. The van der Waals surface area contributed by atoms with Gasteiger partial charge in [-0.25, -0.2) is 23.5 Å². The summed E-state index contributed by atoms with van der Waals surface area (Å²) in [5.41, 5.74) is -1.50. The molecule has 0 saturated carbocycles. The van der Waals surface area contributed by atoms with Crippen LogP contribution < -0.4 is 5.32 Å². The molecule has 0 radical (unpaired) electrons. The van der Waals surface area contributed by atoms with E-state index in [0.29, 0.717) is 5.57 Å². The SMILES string of the molecule is Cc1cc(C(=O)Nc2cc(F)c(/C=C3/CN(C(=O)O)C3C(C)(C)C)c(F)c2)nc(C(F)(F)F)n1. The molecule has 34 heavy (non-hydrogen) atoms. The molecular formula is C22H21F5N4O3. The second-order valence-electron chi connectivity index (χ2n) is 8.92. The first-order chi connectivity index (χ1) is 15.6. The Morgan fingerprint density at radius 2 is 1.71 bits per heavy atom. The minimum absolute atomic E-state index is 0.0107. The topological polar surface area (TPSA) is 95.4 Å². The molecule has 0 bridgehead atoms. The first-order valence-electron chi connectivity index (χ1n) is 10.0. The van der Waals surface area contributed by atoms with Crippen molar-refractivity contribution in [3.63, 3.8) is 0 Å². The maximum absolute atomic E-state index is 14.7. The molecule has 1 aliphatic rings. The van der Waals surface area contributed by atoms with Crippen LogP contribution in [0.4, 0.5) is 32.4 Å². The Hall–Kier alpha value is -3.57. The summed E-state index contributed by atoms with van der Waals surface area (Å²) in [4.78, 5) is 31.3. The van der Waals surface area contributed by atoms with Gasteiger partial charge in [-0.05, 0) is 42.2 Å². The first kappa shape index (κ1) is 25.1. The molecule has 1 saturated heterocycles. The van der Waals surface area contributed by atoms with Crippen LogP contribution in [0.5, 0.6) is 0 Å². The number of amides is 2. The molecule has 1 fully saturated rings. The van der Waals surface area contributed by atoms with Gasteiger partial charge in [0.05, 0.1) is 6.04 Å². The van der Waals surface area contributed by atoms with Crippen molar-refractivity contribution in [1.29, 1.82) is 0 Å². The molecule has 12 heteroatoms. The number of halogens is 5. The number of carbonyl (C=O) groups excluding carboxylic acids is 1. The highest BCUT2D eigenvalue weighted by molar-refractivity contribution is 6.03. The minimum atomic E-state index is -4.88. The molecule has 2 aromatic rings. The highest BCUT2D eigenvalue weighted by atomic mass is 19.4. The van der Waals surface area contributed by atoms with E-state index in [1.807, 2.05) is 0 Å². The van der Waals surface area contributed by atoms with Crippen LogP contribution in [0, 0.1) is 24.0 Å². The number of nitrogens with one attached hydrogen (secondary N) is 1. The third-order valence-electron chi connectivity index (χ3n) is 5.09. The summed E-state index contributed by atoms with van der Waals surface area (Å²) in [6.45, 7) is 6.62. The van der Waals surface area contributed by atoms with Gasteiger partial charge in [0.2, 0.25) is 5.82 Å². The molecule has 2 amide bonds. The number of carbonyl (C=O) groups is 2. The largest absolute Gasteiger partial charge is 0.465 e. The molecule has 0 aliphatic carbocycles. The fraction of sp³-hybridized carbons (Fsp3) is 0.364. The lowest BCUT2D eigenvalue weighted by molar-refractivity contribution is -0.145. The Kier molecular flexibility index (Phi) is 6.38. The van der Waals surface area contributed by atoms with Gasteiger partial charge in [0.1, 0.15) is 17.3 Å². The van der Waals surface area contributed by atoms with Crippen molar-refractivity contribution in [2.75, 3.05) is 11.9 Å². The molecular weight excluding hydrogens is 463 g/mol. The molecule has 1 aromatic carbocycles. The molecule has 2 N–H and O–H groups in total. The average Bonchev–Trinajstić information content (AvgIpc) is 2.63. The zero-order valence-electron chi connectivity index (χ0n) is 18.6. The van der Waals surface area contributed by atoms with E-state index >= 15 is 0 Å². The molecule has 1 unspecified atom stereocenters. The lowest BCUT2D eigenvalue weighted by Crippen LogP contribution is -2.58. The quantitative estimate of drug-likeness (QED) is 0.590. The number of anilines is 1. The van der Waals surface area contributed by atoms with Gasteiger partial charge < -0.3 is 10.4 Å². The Bertz CT molecular complexity index is 1170. The van der Waals surface area contributed by atoms with E-state index in [0.717, 1.165) is 23.1 Å². The lowest BCUT2D eigenvalue weighted by Gasteiger charge is -2.49. The number of likely N-dealkylation sites (tertiary alicyclic amines) is 1. The van der Waals surface area contributed by atoms with Gasteiger partial charge in [-0.3, -0.25) is 9.69 Å². The number of nitrogens with zero attached hydrogens (tertiary/aromatic N) is 3. The Morgan fingerprint density at radius 1 is 1.12 bits per heavy atom. The van der Waals surface area contributed by atoms with Gasteiger partial charge in [-0.1, -0.05) is 20.8 Å². The zero-order valence-corrected chi connectivity index (χ0v) is 18.6. The minimum Gasteiger partial charge on any atom is -0.465 e. The summed E-state index contributed by atoms with van der Waals surface area (Å²) < 4.78 is 68.1. The number of alkyl halides is 3. The van der Waals surface area contributed by atoms with Crippen molar-refractivity contribution in [2.45, 2.75) is 39.9 Å². The van der Waals surface area contributed by atoms with Crippen LogP contribution >= 0.6 is 0 Å². The normalized spacial score (nSPS) is 17.5. The van der Waals surface area contributed by atoms with Crippen molar-refractivity contribution < 1.29 is 36.6 Å². The number of hydrogen-bond donors (Lipinski definition) is 2. The molecule has 0 spiro atoms. The molecule has 7 nitrogen and oxygen atoms in total. The standard InChI is InChI=1S/C22H21F5N4O3/c1-10-5-16(30-19(28-10)22(25,26)27)18(32)29-12-7-14(23)13(15(24)8-12)6-11-9-31(20(33)34)17(11)21(2,3)4/h5-8,17H,9H2,1-4H3,(H,29,32)(H,33,34)/b11-6-. The van der Waals surface area contributed by atoms with E-state index in [2.05, 4.69) is 15.3 Å².